The minimum atomic E-state index is -0.632. The van der Waals surface area contributed by atoms with Gasteiger partial charge in [0.1, 0.15) is 0 Å². The lowest BCUT2D eigenvalue weighted by molar-refractivity contribution is -0.442. The minimum absolute atomic E-state index is 0.0703. The molecule has 32 heavy (non-hydrogen) atoms. The van der Waals surface area contributed by atoms with Gasteiger partial charge in [-0.2, -0.15) is 0 Å². The molecule has 3 aliphatic rings. The van der Waals surface area contributed by atoms with E-state index in [0.29, 0.717) is 31.5 Å². The molecule has 0 radical (unpaired) electrons. The second-order valence-electron chi connectivity index (χ2n) is 9.20. The third-order valence-electron chi connectivity index (χ3n) is 7.21. The number of hydrogen-bond acceptors (Lipinski definition) is 6. The monoisotopic (exact) mass is 441 g/mol. The van der Waals surface area contributed by atoms with Gasteiger partial charge in [0.2, 0.25) is 0 Å². The summed E-state index contributed by atoms with van der Waals surface area (Å²) in [5.41, 5.74) is 1.63. The van der Waals surface area contributed by atoms with Gasteiger partial charge in [-0.3, -0.25) is 19.9 Å². The van der Waals surface area contributed by atoms with Gasteiger partial charge in [0, 0.05) is 51.0 Å². The maximum absolute atomic E-state index is 12.4. The van der Waals surface area contributed by atoms with Crippen molar-refractivity contribution >= 4 is 5.57 Å². The van der Waals surface area contributed by atoms with Crippen molar-refractivity contribution in [1.82, 2.24) is 9.80 Å². The SMILES string of the molecule is CCN(C1CCOCC1)C1C=C(c2ccccc2)C=C([N+](=O)[O-])C1(C)CN1CCOCC1. The van der Waals surface area contributed by atoms with E-state index < -0.39 is 5.41 Å². The van der Waals surface area contributed by atoms with E-state index in [9.17, 15) is 10.1 Å². The normalized spacial score (nSPS) is 27.8. The Labute approximate surface area is 190 Å². The molecule has 2 aliphatic heterocycles. The first-order chi connectivity index (χ1) is 15.5. The van der Waals surface area contributed by atoms with Crippen molar-refractivity contribution in [1.29, 1.82) is 0 Å². The molecule has 0 N–H and O–H groups in total. The van der Waals surface area contributed by atoms with Crippen LogP contribution in [0.15, 0.2) is 48.2 Å². The number of nitro groups is 1. The lowest BCUT2D eigenvalue weighted by Crippen LogP contribution is -2.58. The molecule has 1 aliphatic carbocycles. The molecule has 2 unspecified atom stereocenters. The van der Waals surface area contributed by atoms with Gasteiger partial charge in [-0.25, -0.2) is 0 Å². The minimum Gasteiger partial charge on any atom is -0.381 e. The number of morpholine rings is 1. The average molecular weight is 442 g/mol. The molecule has 0 spiro atoms. The smallest absolute Gasteiger partial charge is 0.255 e. The Kier molecular flexibility index (Phi) is 7.40. The molecule has 2 fully saturated rings. The molecule has 174 valence electrons. The van der Waals surface area contributed by atoms with E-state index in [1.807, 2.05) is 36.4 Å². The average Bonchev–Trinajstić information content (AvgIpc) is 2.82. The Hall–Kier alpha value is -2.06. The van der Waals surface area contributed by atoms with Crippen LogP contribution < -0.4 is 0 Å². The lowest BCUT2D eigenvalue weighted by Gasteiger charge is -2.48. The fraction of sp³-hybridized carbons (Fsp3) is 0.600. The van der Waals surface area contributed by atoms with Crippen LogP contribution in [-0.4, -0.2) is 79.4 Å². The first-order valence-electron chi connectivity index (χ1n) is 11.8. The van der Waals surface area contributed by atoms with Crippen molar-refractivity contribution in [2.75, 3.05) is 52.6 Å². The Morgan fingerprint density at radius 3 is 2.41 bits per heavy atom. The van der Waals surface area contributed by atoms with Gasteiger partial charge in [-0.05, 0) is 37.4 Å². The van der Waals surface area contributed by atoms with Crippen LogP contribution in [0.2, 0.25) is 0 Å². The lowest BCUT2D eigenvalue weighted by atomic mass is 9.72. The largest absolute Gasteiger partial charge is 0.381 e. The fourth-order valence-electron chi connectivity index (χ4n) is 5.50. The van der Waals surface area contributed by atoms with Crippen molar-refractivity contribution in [3.63, 3.8) is 0 Å². The van der Waals surface area contributed by atoms with Crippen LogP contribution in [0, 0.1) is 15.5 Å². The van der Waals surface area contributed by atoms with E-state index in [1.54, 1.807) is 0 Å². The van der Waals surface area contributed by atoms with Gasteiger partial charge in [0.25, 0.3) is 5.70 Å². The maximum Gasteiger partial charge on any atom is 0.255 e. The van der Waals surface area contributed by atoms with Crippen LogP contribution >= 0.6 is 0 Å². The summed E-state index contributed by atoms with van der Waals surface area (Å²) in [6.45, 7) is 10.2. The van der Waals surface area contributed by atoms with Crippen molar-refractivity contribution in [3.05, 3.63) is 63.9 Å². The Morgan fingerprint density at radius 1 is 1.12 bits per heavy atom. The molecule has 0 bridgehead atoms. The predicted molar refractivity (Wildman–Crippen MR) is 125 cm³/mol. The van der Waals surface area contributed by atoms with Crippen LogP contribution in [0.3, 0.4) is 0 Å². The molecule has 4 rings (SSSR count). The number of benzene rings is 1. The van der Waals surface area contributed by atoms with Crippen molar-refractivity contribution < 1.29 is 14.4 Å². The number of allylic oxidation sites excluding steroid dienone is 2. The predicted octanol–water partition coefficient (Wildman–Crippen LogP) is 3.45. The van der Waals surface area contributed by atoms with E-state index >= 15 is 0 Å². The Bertz CT molecular complexity index is 844. The third-order valence-corrected chi connectivity index (χ3v) is 7.21. The van der Waals surface area contributed by atoms with E-state index in [-0.39, 0.29) is 11.0 Å². The Balaban J connectivity index is 1.77. The van der Waals surface area contributed by atoms with Gasteiger partial charge in [0.05, 0.1) is 23.6 Å². The van der Waals surface area contributed by atoms with Crippen LogP contribution in [0.1, 0.15) is 32.3 Å². The zero-order valence-electron chi connectivity index (χ0n) is 19.2. The standard InChI is InChI=1S/C25H35N3O4/c1-3-27(22-9-13-31-14-10-22)23-17-21(20-7-5-4-6-8-20)18-24(28(29)30)25(23,2)19-26-11-15-32-16-12-26/h4-8,17-18,22-23H,3,9-16,19H2,1-2H3. The summed E-state index contributed by atoms with van der Waals surface area (Å²) in [7, 11) is 0. The van der Waals surface area contributed by atoms with E-state index in [2.05, 4.69) is 29.7 Å². The van der Waals surface area contributed by atoms with Gasteiger partial charge >= 0.3 is 0 Å². The highest BCUT2D eigenvalue weighted by atomic mass is 16.6. The summed E-state index contributed by atoms with van der Waals surface area (Å²) >= 11 is 0. The number of ether oxygens (including phenoxy) is 2. The van der Waals surface area contributed by atoms with Crippen LogP contribution in [0.5, 0.6) is 0 Å². The van der Waals surface area contributed by atoms with Gasteiger partial charge in [0.15, 0.2) is 0 Å². The zero-order chi connectivity index (χ0) is 22.6. The van der Waals surface area contributed by atoms with Crippen molar-refractivity contribution in [2.24, 2.45) is 5.41 Å². The van der Waals surface area contributed by atoms with Gasteiger partial charge in [-0.15, -0.1) is 0 Å². The maximum atomic E-state index is 12.4. The van der Waals surface area contributed by atoms with Gasteiger partial charge in [-0.1, -0.05) is 43.3 Å². The molecule has 2 atom stereocenters. The summed E-state index contributed by atoms with van der Waals surface area (Å²) in [6, 6.07) is 10.3. The van der Waals surface area contributed by atoms with E-state index in [1.165, 1.54) is 0 Å². The third kappa shape index (κ3) is 4.81. The molecule has 0 aromatic heterocycles. The second-order valence-corrected chi connectivity index (χ2v) is 9.20. The van der Waals surface area contributed by atoms with Crippen LogP contribution in [0.25, 0.3) is 5.57 Å². The molecule has 1 aromatic carbocycles. The quantitative estimate of drug-likeness (QED) is 0.477. The number of rotatable bonds is 7. The Morgan fingerprint density at radius 2 is 1.78 bits per heavy atom. The highest BCUT2D eigenvalue weighted by Gasteiger charge is 2.50. The topological polar surface area (TPSA) is 68.1 Å². The molecule has 2 heterocycles. The number of hydrogen-bond donors (Lipinski definition) is 0. The summed E-state index contributed by atoms with van der Waals surface area (Å²) in [5.74, 6) is 0. The zero-order valence-corrected chi connectivity index (χ0v) is 19.2. The molecular formula is C25H35N3O4. The fourth-order valence-corrected chi connectivity index (χ4v) is 5.50. The molecule has 0 saturated carbocycles. The number of likely N-dealkylation sites (N-methyl/N-ethyl adjacent to an activating group) is 1. The van der Waals surface area contributed by atoms with Gasteiger partial charge < -0.3 is 9.47 Å². The molecule has 7 nitrogen and oxygen atoms in total. The second kappa shape index (κ2) is 10.3. The first-order valence-corrected chi connectivity index (χ1v) is 11.8. The highest BCUT2D eigenvalue weighted by Crippen LogP contribution is 2.44. The summed E-state index contributed by atoms with van der Waals surface area (Å²) in [4.78, 5) is 17.1. The van der Waals surface area contributed by atoms with E-state index in [4.69, 9.17) is 9.47 Å². The van der Waals surface area contributed by atoms with Crippen molar-refractivity contribution in [3.8, 4) is 0 Å². The molecular weight excluding hydrogens is 406 g/mol. The summed E-state index contributed by atoms with van der Waals surface area (Å²) in [6.07, 6.45) is 6.01. The molecule has 0 amide bonds. The van der Waals surface area contributed by atoms with Crippen LogP contribution in [-0.2, 0) is 9.47 Å². The first kappa shape index (κ1) is 23.1. The molecule has 1 aromatic rings. The summed E-state index contributed by atoms with van der Waals surface area (Å²) < 4.78 is 11.2. The van der Waals surface area contributed by atoms with Crippen molar-refractivity contribution in [2.45, 2.75) is 38.8 Å². The highest BCUT2D eigenvalue weighted by molar-refractivity contribution is 5.76. The van der Waals surface area contributed by atoms with Crippen LogP contribution in [0.4, 0.5) is 0 Å². The molecule has 2 saturated heterocycles. The summed E-state index contributed by atoms with van der Waals surface area (Å²) in [5, 5.41) is 12.4. The number of nitrogens with zero attached hydrogens (tertiary/aromatic N) is 3. The van der Waals surface area contributed by atoms with E-state index in [0.717, 1.165) is 56.8 Å². The molecule has 7 heteroatoms.